The van der Waals surface area contributed by atoms with E-state index in [1.54, 1.807) is 6.07 Å². The molecule has 1 atom stereocenters. The Hall–Kier alpha value is -1.34. The monoisotopic (exact) mass is 330 g/mol. The van der Waals surface area contributed by atoms with Gasteiger partial charge in [0.05, 0.1) is 5.69 Å². The summed E-state index contributed by atoms with van der Waals surface area (Å²) in [7, 11) is -4.16. The highest BCUT2D eigenvalue weighted by atomic mass is 79.9. The van der Waals surface area contributed by atoms with E-state index in [1.807, 2.05) is 0 Å². The molecule has 0 radical (unpaired) electrons. The second-order valence-corrected chi connectivity index (χ2v) is 6.27. The highest BCUT2D eigenvalue weighted by Crippen LogP contribution is 2.28. The van der Waals surface area contributed by atoms with Gasteiger partial charge in [-0.2, -0.15) is 0 Å². The van der Waals surface area contributed by atoms with Crippen molar-refractivity contribution in [1.82, 2.24) is 9.97 Å². The van der Waals surface area contributed by atoms with Crippen LogP contribution in [0.1, 0.15) is 11.2 Å². The second-order valence-electron chi connectivity index (χ2n) is 3.43. The van der Waals surface area contributed by atoms with Crippen LogP contribution < -0.4 is 0 Å². The topological polar surface area (TPSA) is 59.9 Å². The Bertz CT molecular complexity index is 632. The van der Waals surface area contributed by atoms with Crippen molar-refractivity contribution >= 4 is 25.8 Å². The van der Waals surface area contributed by atoms with E-state index in [9.17, 15) is 12.8 Å². The molecule has 0 amide bonds. The van der Waals surface area contributed by atoms with E-state index in [0.717, 1.165) is 0 Å². The van der Waals surface area contributed by atoms with Crippen LogP contribution in [0.3, 0.4) is 0 Å². The van der Waals surface area contributed by atoms with Crippen LogP contribution in [0.2, 0.25) is 0 Å². The number of pyridine rings is 2. The quantitative estimate of drug-likeness (QED) is 0.868. The van der Waals surface area contributed by atoms with Crippen LogP contribution in [0.15, 0.2) is 52.2 Å². The lowest BCUT2D eigenvalue weighted by molar-refractivity contribution is 0.422. The van der Waals surface area contributed by atoms with Crippen LogP contribution in [0.4, 0.5) is 4.39 Å². The molecule has 0 N–H and O–H groups in total. The van der Waals surface area contributed by atoms with Crippen molar-refractivity contribution in [3.63, 3.8) is 0 Å². The average Bonchev–Trinajstić information content (AvgIpc) is 2.40. The van der Waals surface area contributed by atoms with Crippen LogP contribution in [-0.4, -0.2) is 18.4 Å². The van der Waals surface area contributed by atoms with Gasteiger partial charge < -0.3 is 0 Å². The maximum absolute atomic E-state index is 14.0. The molecule has 0 aliphatic carbocycles. The zero-order valence-corrected chi connectivity index (χ0v) is 11.4. The molecule has 7 heteroatoms. The van der Waals surface area contributed by atoms with E-state index in [0.29, 0.717) is 4.47 Å². The first-order valence-electron chi connectivity index (χ1n) is 4.92. The molecule has 94 valence electrons. The minimum Gasteiger partial charge on any atom is -0.256 e. The van der Waals surface area contributed by atoms with Crippen LogP contribution in [-0.2, 0) is 9.84 Å². The highest BCUT2D eigenvalue weighted by Gasteiger charge is 2.30. The van der Waals surface area contributed by atoms with E-state index in [-0.39, 0.29) is 10.7 Å². The SMILES string of the molecule is O=S(=O)(c1ccccn1)C(F)c1ccc(Br)cn1. The van der Waals surface area contributed by atoms with Crippen LogP contribution in [0.5, 0.6) is 0 Å². The molecule has 0 bridgehead atoms. The van der Waals surface area contributed by atoms with Gasteiger partial charge in [-0.25, -0.2) is 17.8 Å². The maximum Gasteiger partial charge on any atom is 0.248 e. The second kappa shape index (κ2) is 5.11. The summed E-state index contributed by atoms with van der Waals surface area (Å²) in [5.41, 5.74) is -2.38. The molecule has 0 saturated carbocycles. The van der Waals surface area contributed by atoms with E-state index in [2.05, 4.69) is 25.9 Å². The number of sulfone groups is 1. The Balaban J connectivity index is 2.39. The lowest BCUT2D eigenvalue weighted by Gasteiger charge is -2.08. The van der Waals surface area contributed by atoms with Gasteiger partial charge in [0.1, 0.15) is 0 Å². The Kier molecular flexibility index (Phi) is 3.72. The predicted molar refractivity (Wildman–Crippen MR) is 67.2 cm³/mol. The number of aromatic nitrogens is 2. The summed E-state index contributed by atoms with van der Waals surface area (Å²) in [5.74, 6) is 0. The predicted octanol–water partition coefficient (Wildman–Crippen LogP) is 2.68. The molecule has 0 aromatic carbocycles. The van der Waals surface area contributed by atoms with Gasteiger partial charge in [0.15, 0.2) is 5.03 Å². The minimum absolute atomic E-state index is 0.163. The number of rotatable bonds is 3. The van der Waals surface area contributed by atoms with E-state index in [4.69, 9.17) is 0 Å². The zero-order chi connectivity index (χ0) is 13.2. The van der Waals surface area contributed by atoms with Crippen molar-refractivity contribution in [2.45, 2.75) is 10.5 Å². The Morgan fingerprint density at radius 3 is 2.50 bits per heavy atom. The van der Waals surface area contributed by atoms with Gasteiger partial charge in [-0.15, -0.1) is 0 Å². The molecular formula is C11H8BrFN2O2S. The fraction of sp³-hybridized carbons (Fsp3) is 0.0909. The summed E-state index contributed by atoms with van der Waals surface area (Å²) in [6, 6.07) is 7.14. The molecule has 18 heavy (non-hydrogen) atoms. The number of hydrogen-bond donors (Lipinski definition) is 0. The number of alkyl halides is 1. The Morgan fingerprint density at radius 2 is 1.94 bits per heavy atom. The molecule has 0 saturated heterocycles. The fourth-order valence-electron chi connectivity index (χ4n) is 1.30. The third-order valence-electron chi connectivity index (χ3n) is 2.18. The summed E-state index contributed by atoms with van der Waals surface area (Å²) in [6.45, 7) is 0. The molecule has 4 nitrogen and oxygen atoms in total. The first-order chi connectivity index (χ1) is 8.51. The fourth-order valence-corrected chi connectivity index (χ4v) is 2.68. The van der Waals surface area contributed by atoms with Gasteiger partial charge in [0, 0.05) is 16.9 Å². The first kappa shape index (κ1) is 13.1. The molecule has 2 aromatic rings. The van der Waals surface area contributed by atoms with Gasteiger partial charge in [-0.05, 0) is 40.2 Å². The molecule has 2 rings (SSSR count). The Labute approximate surface area is 112 Å². The van der Waals surface area contributed by atoms with E-state index >= 15 is 0 Å². The summed E-state index contributed by atoms with van der Waals surface area (Å²) >= 11 is 3.14. The standard InChI is InChI=1S/C11H8BrFN2O2S/c12-8-4-5-9(15-7-8)11(13)18(16,17)10-3-1-2-6-14-10/h1-7,11H. The average molecular weight is 331 g/mol. The lowest BCUT2D eigenvalue weighted by Crippen LogP contribution is -2.12. The lowest BCUT2D eigenvalue weighted by atomic mass is 10.4. The van der Waals surface area contributed by atoms with E-state index in [1.165, 1.54) is 36.7 Å². The van der Waals surface area contributed by atoms with Gasteiger partial charge in [-0.3, -0.25) is 4.98 Å². The first-order valence-corrected chi connectivity index (χ1v) is 7.26. The molecule has 0 aliphatic heterocycles. The van der Waals surface area contributed by atoms with Crippen molar-refractivity contribution in [2.24, 2.45) is 0 Å². The summed E-state index contributed by atoms with van der Waals surface area (Å²) in [6.07, 6.45) is 2.64. The van der Waals surface area contributed by atoms with E-state index < -0.39 is 15.3 Å². The molecule has 0 spiro atoms. The van der Waals surface area contributed by atoms with Gasteiger partial charge >= 0.3 is 0 Å². The summed E-state index contributed by atoms with van der Waals surface area (Å²) < 4.78 is 38.5. The maximum atomic E-state index is 14.0. The molecule has 2 heterocycles. The number of nitrogens with zero attached hydrogens (tertiary/aromatic N) is 2. The van der Waals surface area contributed by atoms with Crippen molar-refractivity contribution in [3.05, 3.63) is 52.9 Å². The molecule has 0 aliphatic rings. The zero-order valence-electron chi connectivity index (χ0n) is 8.99. The third-order valence-corrected chi connectivity index (χ3v) is 4.26. The highest BCUT2D eigenvalue weighted by molar-refractivity contribution is 9.10. The molecular weight excluding hydrogens is 323 g/mol. The van der Waals surface area contributed by atoms with Crippen LogP contribution >= 0.6 is 15.9 Å². The number of hydrogen-bond acceptors (Lipinski definition) is 4. The number of halogens is 2. The van der Waals surface area contributed by atoms with Crippen molar-refractivity contribution in [2.75, 3.05) is 0 Å². The third kappa shape index (κ3) is 2.56. The van der Waals surface area contributed by atoms with Gasteiger partial charge in [0.2, 0.25) is 15.3 Å². The summed E-state index contributed by atoms with van der Waals surface area (Å²) in [4.78, 5) is 7.39. The summed E-state index contributed by atoms with van der Waals surface area (Å²) in [5, 5.41) is -0.304. The molecule has 0 fully saturated rings. The van der Waals surface area contributed by atoms with Crippen LogP contribution in [0.25, 0.3) is 0 Å². The van der Waals surface area contributed by atoms with Crippen molar-refractivity contribution in [3.8, 4) is 0 Å². The smallest absolute Gasteiger partial charge is 0.248 e. The van der Waals surface area contributed by atoms with Gasteiger partial charge in [-0.1, -0.05) is 6.07 Å². The molecule has 1 unspecified atom stereocenters. The van der Waals surface area contributed by atoms with Crippen molar-refractivity contribution < 1.29 is 12.8 Å². The van der Waals surface area contributed by atoms with Gasteiger partial charge in [0.25, 0.3) is 0 Å². The van der Waals surface area contributed by atoms with Crippen LogP contribution in [0, 0.1) is 0 Å². The molecule has 2 aromatic heterocycles. The largest absolute Gasteiger partial charge is 0.256 e. The Morgan fingerprint density at radius 1 is 1.17 bits per heavy atom. The van der Waals surface area contributed by atoms with Crippen molar-refractivity contribution in [1.29, 1.82) is 0 Å². The normalized spacial score (nSPS) is 13.2. The minimum atomic E-state index is -4.16.